The first kappa shape index (κ1) is 11.8. The molecule has 1 N–H and O–H groups in total. The number of carbonyl (C=O) groups excluding carboxylic acids is 1. The van der Waals surface area contributed by atoms with E-state index in [0.29, 0.717) is 10.8 Å². The van der Waals surface area contributed by atoms with Crippen LogP contribution in [0.15, 0.2) is 18.3 Å². The molecule has 2 aliphatic rings. The number of amides is 2. The summed E-state index contributed by atoms with van der Waals surface area (Å²) in [7, 11) is 0. The zero-order valence-corrected chi connectivity index (χ0v) is 10.9. The number of aromatic nitrogens is 1. The van der Waals surface area contributed by atoms with Crippen molar-refractivity contribution in [1.82, 2.24) is 10.3 Å². The number of anilines is 1. The summed E-state index contributed by atoms with van der Waals surface area (Å²) in [6, 6.07) is 3.53. The molecule has 0 radical (unpaired) electrons. The summed E-state index contributed by atoms with van der Waals surface area (Å²) in [5, 5.41) is 3.74. The van der Waals surface area contributed by atoms with E-state index in [1.54, 1.807) is 23.2 Å². The lowest BCUT2D eigenvalue weighted by molar-refractivity contribution is 0.237. The van der Waals surface area contributed by atoms with Crippen LogP contribution in [-0.2, 0) is 0 Å². The molecule has 4 nitrogen and oxygen atoms in total. The molecular formula is C13H16ClN3O. The average molecular weight is 266 g/mol. The van der Waals surface area contributed by atoms with Gasteiger partial charge in [-0.25, -0.2) is 9.78 Å². The third-order valence-corrected chi connectivity index (χ3v) is 4.10. The molecule has 3 rings (SSSR count). The van der Waals surface area contributed by atoms with E-state index in [1.165, 1.54) is 19.3 Å². The minimum absolute atomic E-state index is 0.0311. The first-order valence-corrected chi connectivity index (χ1v) is 6.78. The van der Waals surface area contributed by atoms with Crippen LogP contribution in [0, 0.1) is 0 Å². The Morgan fingerprint density at radius 1 is 1.28 bits per heavy atom. The van der Waals surface area contributed by atoms with Crippen LogP contribution in [0.25, 0.3) is 0 Å². The van der Waals surface area contributed by atoms with Crippen LogP contribution in [0.3, 0.4) is 0 Å². The third kappa shape index (κ3) is 2.05. The fourth-order valence-corrected chi connectivity index (χ4v) is 3.04. The standard InChI is InChI=1S/C13H16ClN3O/c14-10-4-5-11(15-8-10)17-9-13(16-12(17)18)6-2-1-3-7-13/h4-5,8H,1-3,6-7,9H2,(H,16,18). The van der Waals surface area contributed by atoms with Crippen molar-refractivity contribution in [2.24, 2.45) is 0 Å². The summed E-state index contributed by atoms with van der Waals surface area (Å²) >= 11 is 5.82. The summed E-state index contributed by atoms with van der Waals surface area (Å²) in [5.74, 6) is 0.680. The number of hydrogen-bond donors (Lipinski definition) is 1. The van der Waals surface area contributed by atoms with Crippen LogP contribution in [0.4, 0.5) is 10.6 Å². The molecule has 1 aliphatic carbocycles. The van der Waals surface area contributed by atoms with Gasteiger partial charge in [0.2, 0.25) is 0 Å². The lowest BCUT2D eigenvalue weighted by Gasteiger charge is -2.32. The highest BCUT2D eigenvalue weighted by molar-refractivity contribution is 6.30. The van der Waals surface area contributed by atoms with Gasteiger partial charge in [0.1, 0.15) is 5.82 Å². The van der Waals surface area contributed by atoms with Crippen LogP contribution in [0.1, 0.15) is 32.1 Å². The Bertz CT molecular complexity index is 454. The van der Waals surface area contributed by atoms with E-state index in [9.17, 15) is 4.79 Å². The van der Waals surface area contributed by atoms with Gasteiger partial charge in [0.15, 0.2) is 0 Å². The average Bonchev–Trinajstić information content (AvgIpc) is 2.68. The lowest BCUT2D eigenvalue weighted by atomic mass is 9.82. The molecule has 1 aromatic heterocycles. The molecule has 1 saturated heterocycles. The normalized spacial score (nSPS) is 22.3. The number of halogens is 1. The summed E-state index contributed by atoms with van der Waals surface area (Å²) in [4.78, 5) is 18.0. The SMILES string of the molecule is O=C1NC2(CCCCC2)CN1c1ccc(Cl)cn1. The molecule has 2 amide bonds. The van der Waals surface area contributed by atoms with Crippen LogP contribution in [0.2, 0.25) is 5.02 Å². The molecule has 1 saturated carbocycles. The van der Waals surface area contributed by atoms with Crippen molar-refractivity contribution in [2.75, 3.05) is 11.4 Å². The van der Waals surface area contributed by atoms with Gasteiger partial charge < -0.3 is 5.32 Å². The molecule has 0 unspecified atom stereocenters. The fraction of sp³-hybridized carbons (Fsp3) is 0.538. The Morgan fingerprint density at radius 2 is 2.06 bits per heavy atom. The molecule has 96 valence electrons. The third-order valence-electron chi connectivity index (χ3n) is 3.88. The van der Waals surface area contributed by atoms with E-state index in [1.807, 2.05) is 0 Å². The van der Waals surface area contributed by atoms with Gasteiger partial charge in [-0.2, -0.15) is 0 Å². The summed E-state index contributed by atoms with van der Waals surface area (Å²) in [6.45, 7) is 0.723. The highest BCUT2D eigenvalue weighted by atomic mass is 35.5. The lowest BCUT2D eigenvalue weighted by Crippen LogP contribution is -2.44. The van der Waals surface area contributed by atoms with Crippen LogP contribution < -0.4 is 10.2 Å². The van der Waals surface area contributed by atoms with Crippen LogP contribution in [-0.4, -0.2) is 23.1 Å². The molecule has 0 bridgehead atoms. The minimum atomic E-state index is -0.0354. The Kier molecular flexibility index (Phi) is 2.90. The minimum Gasteiger partial charge on any atom is -0.330 e. The molecule has 1 aromatic rings. The van der Waals surface area contributed by atoms with Crippen molar-refractivity contribution in [1.29, 1.82) is 0 Å². The first-order chi connectivity index (χ1) is 8.69. The van der Waals surface area contributed by atoms with Gasteiger partial charge in [-0.05, 0) is 25.0 Å². The highest BCUT2D eigenvalue weighted by Gasteiger charge is 2.43. The van der Waals surface area contributed by atoms with Gasteiger partial charge in [0, 0.05) is 6.20 Å². The van der Waals surface area contributed by atoms with Gasteiger partial charge in [-0.1, -0.05) is 30.9 Å². The second-order valence-electron chi connectivity index (χ2n) is 5.19. The summed E-state index contributed by atoms with van der Waals surface area (Å²) in [5.41, 5.74) is -0.0311. The molecule has 1 spiro atoms. The Morgan fingerprint density at radius 3 is 2.72 bits per heavy atom. The predicted molar refractivity (Wildman–Crippen MR) is 70.9 cm³/mol. The number of carbonyl (C=O) groups is 1. The van der Waals surface area contributed by atoms with Gasteiger partial charge in [-0.3, -0.25) is 4.90 Å². The highest BCUT2D eigenvalue weighted by Crippen LogP contribution is 2.34. The maximum atomic E-state index is 12.1. The fourth-order valence-electron chi connectivity index (χ4n) is 2.93. The van der Waals surface area contributed by atoms with E-state index >= 15 is 0 Å². The predicted octanol–water partition coefficient (Wildman–Crippen LogP) is 2.97. The maximum absolute atomic E-state index is 12.1. The number of rotatable bonds is 1. The van der Waals surface area contributed by atoms with Gasteiger partial charge in [-0.15, -0.1) is 0 Å². The Labute approximate surface area is 111 Å². The number of urea groups is 1. The maximum Gasteiger partial charge on any atom is 0.323 e. The zero-order chi connectivity index (χ0) is 12.6. The van der Waals surface area contributed by atoms with E-state index in [0.717, 1.165) is 19.4 Å². The van der Waals surface area contributed by atoms with Crippen molar-refractivity contribution in [2.45, 2.75) is 37.6 Å². The van der Waals surface area contributed by atoms with Crippen LogP contribution >= 0.6 is 11.6 Å². The molecule has 18 heavy (non-hydrogen) atoms. The second kappa shape index (κ2) is 4.43. The molecule has 2 fully saturated rings. The molecule has 1 aliphatic heterocycles. The Balaban J connectivity index is 1.82. The monoisotopic (exact) mass is 265 g/mol. The summed E-state index contributed by atoms with van der Waals surface area (Å²) in [6.07, 6.45) is 7.39. The van der Waals surface area contributed by atoms with Crippen molar-refractivity contribution >= 4 is 23.4 Å². The summed E-state index contributed by atoms with van der Waals surface area (Å²) < 4.78 is 0. The molecule has 0 atom stereocenters. The van der Waals surface area contributed by atoms with Gasteiger partial charge >= 0.3 is 6.03 Å². The topological polar surface area (TPSA) is 45.2 Å². The molecule has 2 heterocycles. The molecule has 0 aromatic carbocycles. The van der Waals surface area contributed by atoms with E-state index in [4.69, 9.17) is 11.6 Å². The smallest absolute Gasteiger partial charge is 0.323 e. The number of pyridine rings is 1. The number of hydrogen-bond acceptors (Lipinski definition) is 2. The zero-order valence-electron chi connectivity index (χ0n) is 10.2. The largest absolute Gasteiger partial charge is 0.330 e. The first-order valence-electron chi connectivity index (χ1n) is 6.40. The van der Waals surface area contributed by atoms with E-state index in [-0.39, 0.29) is 11.6 Å². The van der Waals surface area contributed by atoms with Crippen molar-refractivity contribution in [3.8, 4) is 0 Å². The van der Waals surface area contributed by atoms with E-state index in [2.05, 4.69) is 10.3 Å². The van der Waals surface area contributed by atoms with Crippen LogP contribution in [0.5, 0.6) is 0 Å². The molecule has 5 heteroatoms. The van der Waals surface area contributed by atoms with Crippen molar-refractivity contribution in [3.63, 3.8) is 0 Å². The van der Waals surface area contributed by atoms with E-state index < -0.39 is 0 Å². The quantitative estimate of drug-likeness (QED) is 0.848. The molecular weight excluding hydrogens is 250 g/mol. The second-order valence-corrected chi connectivity index (χ2v) is 5.63. The van der Waals surface area contributed by atoms with Crippen molar-refractivity contribution < 1.29 is 4.79 Å². The van der Waals surface area contributed by atoms with Crippen molar-refractivity contribution in [3.05, 3.63) is 23.4 Å². The number of nitrogens with zero attached hydrogens (tertiary/aromatic N) is 2. The van der Waals surface area contributed by atoms with Gasteiger partial charge in [0.25, 0.3) is 0 Å². The van der Waals surface area contributed by atoms with Gasteiger partial charge in [0.05, 0.1) is 17.1 Å². The number of nitrogens with one attached hydrogen (secondary N) is 1. The Hall–Kier alpha value is -1.29.